The third-order valence-electron chi connectivity index (χ3n) is 5.26. The summed E-state index contributed by atoms with van der Waals surface area (Å²) in [5.74, 6) is 0.274. The molecule has 2 aliphatic rings. The van der Waals surface area contributed by atoms with Crippen LogP contribution in [0.25, 0.3) is 0 Å². The van der Waals surface area contributed by atoms with Crippen molar-refractivity contribution in [3.8, 4) is 0 Å². The molecule has 2 saturated heterocycles. The molecule has 1 aromatic carbocycles. The lowest BCUT2D eigenvalue weighted by molar-refractivity contribution is -0.132. The van der Waals surface area contributed by atoms with Crippen molar-refractivity contribution in [1.29, 1.82) is 0 Å². The number of hydrogen-bond donors (Lipinski definition) is 0. The molecule has 2 aliphatic heterocycles. The summed E-state index contributed by atoms with van der Waals surface area (Å²) in [6.07, 6.45) is 0.931. The molecule has 1 amide bonds. The van der Waals surface area contributed by atoms with E-state index < -0.39 is 0 Å². The summed E-state index contributed by atoms with van der Waals surface area (Å²) in [6.45, 7) is 8.36. The molecule has 3 rings (SSSR count). The van der Waals surface area contributed by atoms with Crippen LogP contribution in [0.15, 0.2) is 30.3 Å². The summed E-state index contributed by atoms with van der Waals surface area (Å²) in [4.78, 5) is 19.4. The van der Waals surface area contributed by atoms with Crippen LogP contribution in [0.5, 0.6) is 0 Å². The first-order chi connectivity index (χ1) is 11.6. The van der Waals surface area contributed by atoms with E-state index in [-0.39, 0.29) is 11.9 Å². The van der Waals surface area contributed by atoms with Gasteiger partial charge in [0.05, 0.1) is 19.3 Å². The van der Waals surface area contributed by atoms with Crippen LogP contribution in [0.2, 0.25) is 0 Å². The number of ether oxygens (including phenoxy) is 1. The van der Waals surface area contributed by atoms with Crippen molar-refractivity contribution in [2.75, 3.05) is 46.4 Å². The molecule has 0 aromatic heterocycles. The quantitative estimate of drug-likeness (QED) is 0.790. The maximum atomic E-state index is 12.7. The minimum atomic E-state index is 0.0325. The molecule has 5 nitrogen and oxygen atoms in total. The molecule has 0 saturated carbocycles. The van der Waals surface area contributed by atoms with Crippen LogP contribution in [0.1, 0.15) is 18.9 Å². The minimum absolute atomic E-state index is 0.0325. The third kappa shape index (κ3) is 4.15. The summed E-state index contributed by atoms with van der Waals surface area (Å²) in [7, 11) is 2.08. The largest absolute Gasteiger partial charge is 0.379 e. The summed E-state index contributed by atoms with van der Waals surface area (Å²) in [5.41, 5.74) is 1.20. The Kier molecular flexibility index (Phi) is 5.87. The first-order valence-corrected chi connectivity index (χ1v) is 9.00. The Balaban J connectivity index is 1.49. The molecule has 0 unspecified atom stereocenters. The zero-order valence-corrected chi connectivity index (χ0v) is 14.9. The van der Waals surface area contributed by atoms with Crippen LogP contribution in [0.3, 0.4) is 0 Å². The van der Waals surface area contributed by atoms with Crippen LogP contribution < -0.4 is 0 Å². The molecule has 2 atom stereocenters. The number of rotatable bonds is 6. The SMILES string of the molecule is C[C@H]1COCCN1CCN(C)[C@H]1CCN(Cc2ccccc2)C1=O. The average molecular weight is 331 g/mol. The molecular formula is C19H29N3O2. The Bertz CT molecular complexity index is 537. The van der Waals surface area contributed by atoms with Crippen molar-refractivity contribution < 1.29 is 9.53 Å². The van der Waals surface area contributed by atoms with E-state index in [1.165, 1.54) is 5.56 Å². The summed E-state index contributed by atoms with van der Waals surface area (Å²) in [5, 5.41) is 0. The predicted molar refractivity (Wildman–Crippen MR) is 94.7 cm³/mol. The van der Waals surface area contributed by atoms with Gasteiger partial charge in [0.1, 0.15) is 0 Å². The number of likely N-dealkylation sites (tertiary alicyclic amines) is 1. The van der Waals surface area contributed by atoms with E-state index in [4.69, 9.17) is 4.74 Å². The number of carbonyl (C=O) groups is 1. The molecular weight excluding hydrogens is 302 g/mol. The van der Waals surface area contributed by atoms with E-state index in [1.54, 1.807) is 0 Å². The molecule has 2 heterocycles. The van der Waals surface area contributed by atoms with Crippen LogP contribution >= 0.6 is 0 Å². The molecule has 2 fully saturated rings. The number of likely N-dealkylation sites (N-methyl/N-ethyl adjacent to an activating group) is 1. The van der Waals surface area contributed by atoms with Gasteiger partial charge in [-0.15, -0.1) is 0 Å². The zero-order chi connectivity index (χ0) is 16.9. The second-order valence-electron chi connectivity index (χ2n) is 6.99. The molecule has 0 aliphatic carbocycles. The van der Waals surface area contributed by atoms with Gasteiger partial charge in [0.25, 0.3) is 0 Å². The number of amides is 1. The maximum absolute atomic E-state index is 12.7. The fraction of sp³-hybridized carbons (Fsp3) is 0.632. The maximum Gasteiger partial charge on any atom is 0.240 e. The Hall–Kier alpha value is -1.43. The van der Waals surface area contributed by atoms with Crippen LogP contribution in [0.4, 0.5) is 0 Å². The second kappa shape index (κ2) is 8.10. The number of morpholine rings is 1. The monoisotopic (exact) mass is 331 g/mol. The van der Waals surface area contributed by atoms with E-state index in [0.29, 0.717) is 6.04 Å². The lowest BCUT2D eigenvalue weighted by Crippen LogP contribution is -2.48. The van der Waals surface area contributed by atoms with Gasteiger partial charge in [-0.3, -0.25) is 14.6 Å². The number of carbonyl (C=O) groups excluding carboxylic acids is 1. The van der Waals surface area contributed by atoms with Crippen molar-refractivity contribution >= 4 is 5.91 Å². The van der Waals surface area contributed by atoms with Gasteiger partial charge < -0.3 is 9.64 Å². The topological polar surface area (TPSA) is 36.0 Å². The summed E-state index contributed by atoms with van der Waals surface area (Å²) in [6, 6.07) is 10.8. The van der Waals surface area contributed by atoms with E-state index in [0.717, 1.165) is 52.4 Å². The van der Waals surface area contributed by atoms with Gasteiger partial charge in [0.2, 0.25) is 5.91 Å². The molecule has 0 N–H and O–H groups in total. The van der Waals surface area contributed by atoms with Gasteiger partial charge in [-0.1, -0.05) is 30.3 Å². The second-order valence-corrected chi connectivity index (χ2v) is 6.99. The van der Waals surface area contributed by atoms with Crippen LogP contribution in [-0.4, -0.2) is 79.1 Å². The first-order valence-electron chi connectivity index (χ1n) is 9.00. The zero-order valence-electron chi connectivity index (χ0n) is 14.9. The minimum Gasteiger partial charge on any atom is -0.379 e. The Morgan fingerprint density at radius 2 is 2.04 bits per heavy atom. The van der Waals surface area contributed by atoms with E-state index in [2.05, 4.69) is 35.9 Å². The highest BCUT2D eigenvalue weighted by Gasteiger charge is 2.34. The fourth-order valence-corrected chi connectivity index (χ4v) is 3.63. The Morgan fingerprint density at radius 3 is 2.79 bits per heavy atom. The van der Waals surface area contributed by atoms with E-state index >= 15 is 0 Å². The average Bonchev–Trinajstić information content (AvgIpc) is 2.96. The molecule has 5 heteroatoms. The molecule has 24 heavy (non-hydrogen) atoms. The third-order valence-corrected chi connectivity index (χ3v) is 5.26. The number of hydrogen-bond acceptors (Lipinski definition) is 4. The molecule has 1 aromatic rings. The van der Waals surface area contributed by atoms with Crippen molar-refractivity contribution in [3.05, 3.63) is 35.9 Å². The summed E-state index contributed by atoms with van der Waals surface area (Å²) >= 11 is 0. The van der Waals surface area contributed by atoms with E-state index in [1.807, 2.05) is 23.1 Å². The molecule has 0 bridgehead atoms. The van der Waals surface area contributed by atoms with Crippen molar-refractivity contribution in [2.24, 2.45) is 0 Å². The molecule has 0 spiro atoms. The van der Waals surface area contributed by atoms with Gasteiger partial charge in [-0.2, -0.15) is 0 Å². The van der Waals surface area contributed by atoms with Gasteiger partial charge >= 0.3 is 0 Å². The first kappa shape index (κ1) is 17.4. The Morgan fingerprint density at radius 1 is 1.25 bits per heavy atom. The van der Waals surface area contributed by atoms with Gasteiger partial charge in [0, 0.05) is 38.8 Å². The van der Waals surface area contributed by atoms with Gasteiger partial charge in [0.15, 0.2) is 0 Å². The van der Waals surface area contributed by atoms with Crippen molar-refractivity contribution in [3.63, 3.8) is 0 Å². The van der Waals surface area contributed by atoms with Gasteiger partial charge in [-0.25, -0.2) is 0 Å². The highest BCUT2D eigenvalue weighted by atomic mass is 16.5. The molecule has 0 radical (unpaired) electrons. The number of benzene rings is 1. The fourth-order valence-electron chi connectivity index (χ4n) is 3.63. The Labute approximate surface area is 145 Å². The van der Waals surface area contributed by atoms with Crippen LogP contribution in [0, 0.1) is 0 Å². The smallest absolute Gasteiger partial charge is 0.240 e. The lowest BCUT2D eigenvalue weighted by atomic mass is 10.2. The highest BCUT2D eigenvalue weighted by Crippen LogP contribution is 2.19. The van der Waals surface area contributed by atoms with Crippen molar-refractivity contribution in [1.82, 2.24) is 14.7 Å². The van der Waals surface area contributed by atoms with Crippen LogP contribution in [-0.2, 0) is 16.1 Å². The highest BCUT2D eigenvalue weighted by molar-refractivity contribution is 5.83. The molecule has 132 valence electrons. The standard InChI is InChI=1S/C19H29N3O2/c1-16-15-24-13-12-21(16)11-10-20(2)18-8-9-22(19(18)23)14-17-6-4-3-5-7-17/h3-7,16,18H,8-15H2,1-2H3/t16-,18-/m0/s1. The normalized spacial score (nSPS) is 25.6. The van der Waals surface area contributed by atoms with Crippen molar-refractivity contribution in [2.45, 2.75) is 32.0 Å². The lowest BCUT2D eigenvalue weighted by Gasteiger charge is -2.35. The summed E-state index contributed by atoms with van der Waals surface area (Å²) < 4.78 is 5.49. The van der Waals surface area contributed by atoms with E-state index in [9.17, 15) is 4.79 Å². The predicted octanol–water partition coefficient (Wildman–Crippen LogP) is 1.44. The number of nitrogens with zero attached hydrogens (tertiary/aromatic N) is 3. The van der Waals surface area contributed by atoms with Gasteiger partial charge in [-0.05, 0) is 26.0 Å².